The lowest BCUT2D eigenvalue weighted by Gasteiger charge is -2.28. The van der Waals surface area contributed by atoms with Gasteiger partial charge in [0.1, 0.15) is 0 Å². The number of likely N-dealkylation sites (tertiary alicyclic amines) is 1. The number of ether oxygens (including phenoxy) is 1. The maximum Gasteiger partial charge on any atom is 0.236 e. The van der Waals surface area contributed by atoms with Gasteiger partial charge in [-0.25, -0.2) is 4.98 Å². The zero-order chi connectivity index (χ0) is 21.0. The van der Waals surface area contributed by atoms with Crippen LogP contribution in [0.2, 0.25) is 0 Å². The SMILES string of the molecule is O=C(CN1CCOCC1)N1CC[C@@H](c2ccc3c(NCc4ccccc4)n[nH]c3n2)C1. The molecule has 2 saturated heterocycles. The zero-order valence-electron chi connectivity index (χ0n) is 17.6. The number of H-pyrrole nitrogens is 1. The number of hydrogen-bond acceptors (Lipinski definition) is 6. The first-order valence-corrected chi connectivity index (χ1v) is 11.0. The van der Waals surface area contributed by atoms with E-state index in [1.165, 1.54) is 5.56 Å². The Morgan fingerprint density at radius 1 is 1.13 bits per heavy atom. The fraction of sp³-hybridized carbons (Fsp3) is 0.435. The molecule has 0 spiro atoms. The fourth-order valence-corrected chi connectivity index (χ4v) is 4.34. The maximum absolute atomic E-state index is 12.7. The van der Waals surface area contributed by atoms with E-state index in [1.807, 2.05) is 23.1 Å². The Bertz CT molecular complexity index is 1030. The number of pyridine rings is 1. The van der Waals surface area contributed by atoms with Crippen LogP contribution >= 0.6 is 0 Å². The summed E-state index contributed by atoms with van der Waals surface area (Å²) >= 11 is 0. The normalized spacial score (nSPS) is 19.7. The Hall–Kier alpha value is -2.97. The van der Waals surface area contributed by atoms with E-state index in [0.717, 1.165) is 55.1 Å². The predicted octanol–water partition coefficient (Wildman–Crippen LogP) is 2.22. The molecule has 2 N–H and O–H groups in total. The van der Waals surface area contributed by atoms with Gasteiger partial charge in [-0.05, 0) is 24.1 Å². The minimum absolute atomic E-state index is 0.208. The Kier molecular flexibility index (Phi) is 5.82. The number of rotatable bonds is 6. The second-order valence-corrected chi connectivity index (χ2v) is 8.26. The first kappa shape index (κ1) is 20.0. The Morgan fingerprint density at radius 3 is 2.81 bits per heavy atom. The molecule has 0 unspecified atom stereocenters. The van der Waals surface area contributed by atoms with Crippen molar-refractivity contribution in [3.05, 3.63) is 53.7 Å². The van der Waals surface area contributed by atoms with Gasteiger partial charge in [0.25, 0.3) is 0 Å². The number of benzene rings is 1. The van der Waals surface area contributed by atoms with Crippen molar-refractivity contribution in [3.63, 3.8) is 0 Å². The zero-order valence-corrected chi connectivity index (χ0v) is 17.6. The summed E-state index contributed by atoms with van der Waals surface area (Å²) in [5, 5.41) is 11.8. The summed E-state index contributed by atoms with van der Waals surface area (Å²) in [5.74, 6) is 1.29. The second kappa shape index (κ2) is 9.03. The average molecular weight is 421 g/mol. The van der Waals surface area contributed by atoms with Crippen molar-refractivity contribution in [3.8, 4) is 0 Å². The van der Waals surface area contributed by atoms with Gasteiger partial charge in [-0.2, -0.15) is 5.10 Å². The molecule has 0 radical (unpaired) electrons. The van der Waals surface area contributed by atoms with Crippen LogP contribution in [-0.2, 0) is 16.1 Å². The highest BCUT2D eigenvalue weighted by atomic mass is 16.5. The van der Waals surface area contributed by atoms with Gasteiger partial charge in [-0.3, -0.25) is 14.8 Å². The fourth-order valence-electron chi connectivity index (χ4n) is 4.34. The van der Waals surface area contributed by atoms with Crippen LogP contribution in [0.3, 0.4) is 0 Å². The maximum atomic E-state index is 12.7. The van der Waals surface area contributed by atoms with E-state index >= 15 is 0 Å². The van der Waals surface area contributed by atoms with E-state index in [4.69, 9.17) is 9.72 Å². The lowest BCUT2D eigenvalue weighted by atomic mass is 10.0. The van der Waals surface area contributed by atoms with Crippen molar-refractivity contribution in [1.29, 1.82) is 0 Å². The Labute approximate surface area is 181 Å². The molecule has 8 heteroatoms. The van der Waals surface area contributed by atoms with Gasteiger partial charge in [0.05, 0.1) is 25.1 Å². The van der Waals surface area contributed by atoms with E-state index < -0.39 is 0 Å². The number of aromatic nitrogens is 3. The van der Waals surface area contributed by atoms with Crippen molar-refractivity contribution < 1.29 is 9.53 Å². The van der Waals surface area contributed by atoms with Gasteiger partial charge in [0.2, 0.25) is 5.91 Å². The van der Waals surface area contributed by atoms with Crippen LogP contribution in [0.4, 0.5) is 5.82 Å². The van der Waals surface area contributed by atoms with E-state index in [0.29, 0.717) is 26.3 Å². The number of hydrogen-bond donors (Lipinski definition) is 2. The molecule has 162 valence electrons. The molecule has 1 atom stereocenters. The third kappa shape index (κ3) is 4.55. The summed E-state index contributed by atoms with van der Waals surface area (Å²) in [6, 6.07) is 14.4. The molecule has 2 aliphatic heterocycles. The molecular weight excluding hydrogens is 392 g/mol. The highest BCUT2D eigenvalue weighted by Crippen LogP contribution is 2.28. The molecule has 2 aliphatic rings. The van der Waals surface area contributed by atoms with Crippen LogP contribution in [0.15, 0.2) is 42.5 Å². The number of aromatic amines is 1. The highest BCUT2D eigenvalue weighted by Gasteiger charge is 2.29. The van der Waals surface area contributed by atoms with Crippen molar-refractivity contribution in [2.75, 3.05) is 51.3 Å². The van der Waals surface area contributed by atoms with Gasteiger partial charge in [0, 0.05) is 44.3 Å². The minimum atomic E-state index is 0.208. The summed E-state index contributed by atoms with van der Waals surface area (Å²) < 4.78 is 5.37. The number of anilines is 1. The van der Waals surface area contributed by atoms with Crippen LogP contribution in [-0.4, -0.2) is 76.8 Å². The molecule has 2 fully saturated rings. The summed E-state index contributed by atoms with van der Waals surface area (Å²) in [4.78, 5) is 21.7. The van der Waals surface area contributed by atoms with E-state index in [9.17, 15) is 4.79 Å². The molecule has 0 bridgehead atoms. The standard InChI is InChI=1S/C23H28N6O2/c30-21(16-28-10-12-31-13-11-28)29-9-8-18(15-29)20-7-6-19-22(26-27-23(19)25-20)24-14-17-4-2-1-3-5-17/h1-7,18H,8-16H2,(H2,24,25,26,27)/t18-/m1/s1. The van der Waals surface area contributed by atoms with Crippen LogP contribution in [0, 0.1) is 0 Å². The van der Waals surface area contributed by atoms with Crippen molar-refractivity contribution in [2.24, 2.45) is 0 Å². The molecule has 8 nitrogen and oxygen atoms in total. The van der Waals surface area contributed by atoms with Crippen LogP contribution in [0.1, 0.15) is 23.6 Å². The Morgan fingerprint density at radius 2 is 1.97 bits per heavy atom. The number of fused-ring (bicyclic) bond motifs is 1. The first-order chi connectivity index (χ1) is 15.3. The summed E-state index contributed by atoms with van der Waals surface area (Å²) in [6.45, 7) is 5.82. The number of carbonyl (C=O) groups is 1. The average Bonchev–Trinajstić information content (AvgIpc) is 3.46. The molecule has 4 heterocycles. The molecule has 3 aromatic rings. The van der Waals surface area contributed by atoms with Crippen LogP contribution in [0.5, 0.6) is 0 Å². The van der Waals surface area contributed by atoms with Crippen molar-refractivity contribution in [2.45, 2.75) is 18.9 Å². The predicted molar refractivity (Wildman–Crippen MR) is 119 cm³/mol. The first-order valence-electron chi connectivity index (χ1n) is 11.0. The van der Waals surface area contributed by atoms with Crippen molar-refractivity contribution in [1.82, 2.24) is 25.0 Å². The van der Waals surface area contributed by atoms with Gasteiger partial charge < -0.3 is 15.0 Å². The summed E-state index contributed by atoms with van der Waals surface area (Å²) in [5.41, 5.74) is 3.01. The quantitative estimate of drug-likeness (QED) is 0.636. The summed E-state index contributed by atoms with van der Waals surface area (Å²) in [6.07, 6.45) is 0.945. The van der Waals surface area contributed by atoms with Crippen LogP contribution < -0.4 is 5.32 Å². The van der Waals surface area contributed by atoms with Crippen molar-refractivity contribution >= 4 is 22.8 Å². The molecule has 1 amide bonds. The third-order valence-corrected chi connectivity index (χ3v) is 6.17. The van der Waals surface area contributed by atoms with Gasteiger partial charge in [0.15, 0.2) is 11.5 Å². The van der Waals surface area contributed by atoms with Gasteiger partial charge in [-0.1, -0.05) is 30.3 Å². The number of nitrogens with zero attached hydrogens (tertiary/aromatic N) is 4. The molecule has 2 aromatic heterocycles. The molecule has 0 aliphatic carbocycles. The summed E-state index contributed by atoms with van der Waals surface area (Å²) in [7, 11) is 0. The molecule has 31 heavy (non-hydrogen) atoms. The smallest absolute Gasteiger partial charge is 0.236 e. The number of nitrogens with one attached hydrogen (secondary N) is 2. The molecular formula is C23H28N6O2. The Balaban J connectivity index is 1.21. The number of morpholine rings is 1. The van der Waals surface area contributed by atoms with Crippen LogP contribution in [0.25, 0.3) is 11.0 Å². The largest absolute Gasteiger partial charge is 0.379 e. The number of carbonyl (C=O) groups excluding carboxylic acids is 1. The van der Waals surface area contributed by atoms with Gasteiger partial charge in [-0.15, -0.1) is 0 Å². The number of amides is 1. The van der Waals surface area contributed by atoms with E-state index in [2.05, 4.69) is 44.7 Å². The van der Waals surface area contributed by atoms with E-state index in [-0.39, 0.29) is 11.8 Å². The van der Waals surface area contributed by atoms with E-state index in [1.54, 1.807) is 0 Å². The second-order valence-electron chi connectivity index (χ2n) is 8.26. The lowest BCUT2D eigenvalue weighted by Crippen LogP contribution is -2.44. The molecule has 1 aromatic carbocycles. The molecule has 5 rings (SSSR count). The highest BCUT2D eigenvalue weighted by molar-refractivity contribution is 5.87. The third-order valence-electron chi connectivity index (χ3n) is 6.17. The van der Waals surface area contributed by atoms with Gasteiger partial charge >= 0.3 is 0 Å². The monoisotopic (exact) mass is 420 g/mol. The lowest BCUT2D eigenvalue weighted by molar-refractivity contribution is -0.132. The minimum Gasteiger partial charge on any atom is -0.379 e. The topological polar surface area (TPSA) is 86.4 Å². The molecule has 0 saturated carbocycles.